The van der Waals surface area contributed by atoms with Gasteiger partial charge in [0.25, 0.3) is 0 Å². The first-order valence-corrected chi connectivity index (χ1v) is 9.75. The van der Waals surface area contributed by atoms with E-state index in [1.54, 1.807) is 22.2 Å². The quantitative estimate of drug-likeness (QED) is 0.877. The molecule has 1 atom stereocenters. The lowest BCUT2D eigenvalue weighted by molar-refractivity contribution is 0.530. The highest BCUT2D eigenvalue weighted by Gasteiger charge is 2.28. The van der Waals surface area contributed by atoms with Gasteiger partial charge >= 0.3 is 0 Å². The molecule has 8 heteroatoms. The number of nitrogens with one attached hydrogen (secondary N) is 1. The van der Waals surface area contributed by atoms with Gasteiger partial charge in [0.2, 0.25) is 10.0 Å². The van der Waals surface area contributed by atoms with Crippen LogP contribution in [0, 0.1) is 0 Å². The number of aromatic nitrogens is 3. The SMILES string of the molecule is CC(C)n1cc(S(=O)(=O)N[C@@H](C)c2csc(C3CC3)n2)cn1. The summed E-state index contributed by atoms with van der Waals surface area (Å²) in [6.07, 6.45) is 5.32. The molecule has 3 rings (SSSR count). The van der Waals surface area contributed by atoms with Crippen molar-refractivity contribution in [2.75, 3.05) is 0 Å². The van der Waals surface area contributed by atoms with Gasteiger partial charge in [-0.05, 0) is 33.6 Å². The van der Waals surface area contributed by atoms with E-state index in [2.05, 4.69) is 14.8 Å². The molecular formula is C14H20N4O2S2. The standard InChI is InChI=1S/C14H20N4O2S2/c1-9(2)18-7-12(6-15-18)22(19,20)17-10(3)13-8-21-14(16-13)11-4-5-11/h6-11,17H,4-5H2,1-3H3/t10-/m0/s1. The lowest BCUT2D eigenvalue weighted by Crippen LogP contribution is -2.26. The van der Waals surface area contributed by atoms with E-state index >= 15 is 0 Å². The summed E-state index contributed by atoms with van der Waals surface area (Å²) in [6.45, 7) is 5.72. The first kappa shape index (κ1) is 15.6. The van der Waals surface area contributed by atoms with E-state index in [4.69, 9.17) is 0 Å². The largest absolute Gasteiger partial charge is 0.269 e. The molecule has 6 nitrogen and oxygen atoms in total. The van der Waals surface area contributed by atoms with Gasteiger partial charge in [-0.3, -0.25) is 4.68 Å². The fraction of sp³-hybridized carbons (Fsp3) is 0.571. The molecule has 0 unspecified atom stereocenters. The molecule has 1 N–H and O–H groups in total. The number of thiazole rings is 1. The van der Waals surface area contributed by atoms with E-state index in [0.29, 0.717) is 5.92 Å². The Morgan fingerprint density at radius 3 is 2.68 bits per heavy atom. The van der Waals surface area contributed by atoms with E-state index in [0.717, 1.165) is 10.7 Å². The van der Waals surface area contributed by atoms with Gasteiger partial charge in [-0.15, -0.1) is 11.3 Å². The van der Waals surface area contributed by atoms with Crippen LogP contribution in [0.1, 0.15) is 62.3 Å². The lowest BCUT2D eigenvalue weighted by Gasteiger charge is -2.11. The smallest absolute Gasteiger partial charge is 0.244 e. The highest BCUT2D eigenvalue weighted by Crippen LogP contribution is 2.41. The molecule has 1 saturated carbocycles. The lowest BCUT2D eigenvalue weighted by atomic mass is 10.3. The minimum atomic E-state index is -3.58. The molecule has 2 aromatic heterocycles. The molecule has 0 radical (unpaired) electrons. The van der Waals surface area contributed by atoms with Crippen LogP contribution in [0.4, 0.5) is 0 Å². The van der Waals surface area contributed by atoms with Gasteiger partial charge in [-0.1, -0.05) is 0 Å². The van der Waals surface area contributed by atoms with E-state index < -0.39 is 10.0 Å². The first-order valence-electron chi connectivity index (χ1n) is 7.38. The van der Waals surface area contributed by atoms with E-state index in [1.807, 2.05) is 26.2 Å². The van der Waals surface area contributed by atoms with Crippen molar-refractivity contribution in [2.24, 2.45) is 0 Å². The summed E-state index contributed by atoms with van der Waals surface area (Å²) < 4.78 is 29.1. The molecule has 120 valence electrons. The third-order valence-electron chi connectivity index (χ3n) is 3.66. The zero-order chi connectivity index (χ0) is 15.9. The average molecular weight is 340 g/mol. The molecule has 0 saturated heterocycles. The predicted octanol–water partition coefficient (Wildman–Crippen LogP) is 2.84. The molecule has 22 heavy (non-hydrogen) atoms. The summed E-state index contributed by atoms with van der Waals surface area (Å²) in [5, 5.41) is 7.14. The van der Waals surface area contributed by atoms with Crippen LogP contribution in [0.3, 0.4) is 0 Å². The summed E-state index contributed by atoms with van der Waals surface area (Å²) in [6, 6.07) is -0.225. The Balaban J connectivity index is 1.74. The summed E-state index contributed by atoms with van der Waals surface area (Å²) in [4.78, 5) is 4.74. The fourth-order valence-electron chi connectivity index (χ4n) is 2.12. The maximum Gasteiger partial charge on any atom is 0.244 e. The van der Waals surface area contributed by atoms with Crippen LogP contribution in [0.15, 0.2) is 22.7 Å². The maximum atomic E-state index is 12.4. The zero-order valence-electron chi connectivity index (χ0n) is 12.9. The van der Waals surface area contributed by atoms with Crippen molar-refractivity contribution in [3.63, 3.8) is 0 Å². The molecule has 1 fully saturated rings. The van der Waals surface area contributed by atoms with Gasteiger partial charge in [0.1, 0.15) is 4.90 Å². The second-order valence-corrected chi connectivity index (χ2v) is 8.58. The van der Waals surface area contributed by atoms with Crippen LogP contribution in [0.2, 0.25) is 0 Å². The van der Waals surface area contributed by atoms with Gasteiger partial charge in [-0.25, -0.2) is 18.1 Å². The van der Waals surface area contributed by atoms with Crippen LogP contribution >= 0.6 is 11.3 Å². The van der Waals surface area contributed by atoms with Crippen LogP contribution in [-0.2, 0) is 10.0 Å². The van der Waals surface area contributed by atoms with Gasteiger partial charge in [0.05, 0.1) is 22.9 Å². The molecule has 1 aliphatic carbocycles. The minimum Gasteiger partial charge on any atom is -0.269 e. The van der Waals surface area contributed by atoms with Crippen LogP contribution in [0.25, 0.3) is 0 Å². The Morgan fingerprint density at radius 1 is 1.36 bits per heavy atom. The van der Waals surface area contributed by atoms with Crippen LogP contribution < -0.4 is 4.72 Å². The van der Waals surface area contributed by atoms with Gasteiger partial charge in [0.15, 0.2) is 0 Å². The summed E-state index contributed by atoms with van der Waals surface area (Å²) >= 11 is 1.62. The highest BCUT2D eigenvalue weighted by atomic mass is 32.2. The minimum absolute atomic E-state index is 0.126. The summed E-state index contributed by atoms with van der Waals surface area (Å²) in [7, 11) is -3.58. The molecule has 0 aromatic carbocycles. The van der Waals surface area contributed by atoms with E-state index in [9.17, 15) is 8.42 Å². The number of hydrogen-bond donors (Lipinski definition) is 1. The van der Waals surface area contributed by atoms with Crippen LogP contribution in [0.5, 0.6) is 0 Å². The third-order valence-corrected chi connectivity index (χ3v) is 6.18. The Labute approximate surface area is 134 Å². The molecule has 0 aliphatic heterocycles. The number of rotatable bonds is 6. The highest BCUT2D eigenvalue weighted by molar-refractivity contribution is 7.89. The Morgan fingerprint density at radius 2 is 2.09 bits per heavy atom. The molecule has 0 spiro atoms. The van der Waals surface area contributed by atoms with Crippen molar-refractivity contribution < 1.29 is 8.42 Å². The van der Waals surface area contributed by atoms with Crippen molar-refractivity contribution in [1.29, 1.82) is 0 Å². The normalized spacial score (nSPS) is 17.1. The third kappa shape index (κ3) is 3.23. The maximum absolute atomic E-state index is 12.4. The zero-order valence-corrected chi connectivity index (χ0v) is 14.5. The Bertz CT molecular complexity index is 759. The molecular weight excluding hydrogens is 320 g/mol. The fourth-order valence-corrected chi connectivity index (χ4v) is 4.36. The van der Waals surface area contributed by atoms with Crippen LogP contribution in [-0.4, -0.2) is 23.2 Å². The second-order valence-electron chi connectivity index (χ2n) is 5.98. The van der Waals surface area contributed by atoms with Crippen molar-refractivity contribution in [2.45, 2.75) is 56.5 Å². The summed E-state index contributed by atoms with van der Waals surface area (Å²) in [5.74, 6) is 0.590. The predicted molar refractivity (Wildman–Crippen MR) is 85.4 cm³/mol. The van der Waals surface area contributed by atoms with E-state index in [1.165, 1.54) is 19.0 Å². The van der Waals surface area contributed by atoms with Gasteiger partial charge < -0.3 is 0 Å². The molecule has 2 heterocycles. The Hall–Kier alpha value is -1.25. The first-order chi connectivity index (χ1) is 10.4. The monoisotopic (exact) mass is 340 g/mol. The summed E-state index contributed by atoms with van der Waals surface area (Å²) in [5.41, 5.74) is 0.784. The number of sulfonamides is 1. The molecule has 0 amide bonds. The topological polar surface area (TPSA) is 76.9 Å². The van der Waals surface area contributed by atoms with Crippen molar-refractivity contribution >= 4 is 21.4 Å². The number of hydrogen-bond acceptors (Lipinski definition) is 5. The van der Waals surface area contributed by atoms with Gasteiger partial charge in [-0.2, -0.15) is 5.10 Å². The van der Waals surface area contributed by atoms with Crippen molar-refractivity contribution in [3.8, 4) is 0 Å². The van der Waals surface area contributed by atoms with Gasteiger partial charge in [0, 0.05) is 23.5 Å². The second kappa shape index (κ2) is 5.75. The Kier molecular flexibility index (Phi) is 4.09. The molecule has 1 aliphatic rings. The molecule has 0 bridgehead atoms. The number of nitrogens with zero attached hydrogens (tertiary/aromatic N) is 3. The van der Waals surface area contributed by atoms with Crippen molar-refractivity contribution in [3.05, 3.63) is 28.5 Å². The molecule has 2 aromatic rings. The van der Waals surface area contributed by atoms with E-state index in [-0.39, 0.29) is 17.0 Å². The average Bonchev–Trinajstić information content (AvgIpc) is 2.99. The van der Waals surface area contributed by atoms with Crippen molar-refractivity contribution in [1.82, 2.24) is 19.5 Å².